The quantitative estimate of drug-likeness (QED) is 0.240. The normalized spacial score (nSPS) is 10.8. The SMILES string of the molecule is COCCCNc1nc(Nc2ccc(F)c(Cl)c2)ncc1-c1nc(-c2ccccn2)c(C(=O)O)s1. The number of carboxylic acids is 1. The zero-order valence-electron chi connectivity index (χ0n) is 18.5. The molecule has 0 amide bonds. The van der Waals surface area contributed by atoms with Crippen molar-refractivity contribution >= 4 is 46.4 Å². The van der Waals surface area contributed by atoms with Crippen LogP contribution in [-0.2, 0) is 4.74 Å². The zero-order chi connectivity index (χ0) is 24.8. The lowest BCUT2D eigenvalue weighted by atomic mass is 10.2. The van der Waals surface area contributed by atoms with E-state index in [0.717, 1.165) is 11.3 Å². The van der Waals surface area contributed by atoms with E-state index in [1.54, 1.807) is 37.7 Å². The molecule has 0 spiro atoms. The van der Waals surface area contributed by atoms with Crippen molar-refractivity contribution in [2.45, 2.75) is 6.42 Å². The Labute approximate surface area is 209 Å². The fourth-order valence-corrected chi connectivity index (χ4v) is 4.22. The molecule has 3 aromatic heterocycles. The van der Waals surface area contributed by atoms with Gasteiger partial charge in [0.25, 0.3) is 0 Å². The van der Waals surface area contributed by atoms with Gasteiger partial charge in [0.15, 0.2) is 0 Å². The van der Waals surface area contributed by atoms with Crippen molar-refractivity contribution in [3.8, 4) is 22.0 Å². The molecule has 4 aromatic rings. The molecule has 0 atom stereocenters. The van der Waals surface area contributed by atoms with Crippen molar-refractivity contribution in [3.05, 3.63) is 64.5 Å². The van der Waals surface area contributed by atoms with Crippen LogP contribution in [-0.4, -0.2) is 51.3 Å². The van der Waals surface area contributed by atoms with E-state index >= 15 is 0 Å². The highest BCUT2D eigenvalue weighted by Crippen LogP contribution is 2.36. The average molecular weight is 515 g/mol. The van der Waals surface area contributed by atoms with E-state index in [-0.39, 0.29) is 21.5 Å². The van der Waals surface area contributed by atoms with Gasteiger partial charge in [-0.05, 0) is 36.8 Å². The van der Waals surface area contributed by atoms with E-state index in [0.29, 0.717) is 47.3 Å². The van der Waals surface area contributed by atoms with E-state index in [1.165, 1.54) is 18.2 Å². The van der Waals surface area contributed by atoms with E-state index < -0.39 is 11.8 Å². The third-order valence-electron chi connectivity index (χ3n) is 4.74. The predicted octanol–water partition coefficient (Wildman–Crippen LogP) is 5.34. The van der Waals surface area contributed by atoms with Gasteiger partial charge in [0, 0.05) is 38.3 Å². The fraction of sp³-hybridized carbons (Fsp3) is 0.174. The molecule has 12 heteroatoms. The molecule has 0 aliphatic rings. The smallest absolute Gasteiger partial charge is 0.348 e. The van der Waals surface area contributed by atoms with Crippen LogP contribution in [0.25, 0.3) is 22.0 Å². The number of hydrogen-bond acceptors (Lipinski definition) is 9. The second-order valence-corrected chi connectivity index (χ2v) is 8.61. The van der Waals surface area contributed by atoms with Crippen LogP contribution in [0.1, 0.15) is 16.1 Å². The molecule has 1 aromatic carbocycles. The third kappa shape index (κ3) is 5.88. The second-order valence-electron chi connectivity index (χ2n) is 7.20. The van der Waals surface area contributed by atoms with Gasteiger partial charge in [-0.15, -0.1) is 11.3 Å². The number of ether oxygens (including phenoxy) is 1. The molecule has 0 aliphatic carbocycles. The minimum Gasteiger partial charge on any atom is -0.477 e. The van der Waals surface area contributed by atoms with Crippen LogP contribution in [0.2, 0.25) is 5.02 Å². The first-order valence-electron chi connectivity index (χ1n) is 10.4. The van der Waals surface area contributed by atoms with Crippen LogP contribution in [0.4, 0.5) is 21.8 Å². The molecule has 0 aliphatic heterocycles. The summed E-state index contributed by atoms with van der Waals surface area (Å²) < 4.78 is 18.6. The lowest BCUT2D eigenvalue weighted by Gasteiger charge is -2.12. The molecule has 3 N–H and O–H groups in total. The maximum Gasteiger partial charge on any atom is 0.348 e. The number of benzene rings is 1. The van der Waals surface area contributed by atoms with Crippen LogP contribution in [0.3, 0.4) is 0 Å². The van der Waals surface area contributed by atoms with Crippen LogP contribution < -0.4 is 10.6 Å². The summed E-state index contributed by atoms with van der Waals surface area (Å²) in [7, 11) is 1.62. The van der Waals surface area contributed by atoms with E-state index in [2.05, 4.69) is 30.6 Å². The highest BCUT2D eigenvalue weighted by molar-refractivity contribution is 7.17. The lowest BCUT2D eigenvalue weighted by molar-refractivity contribution is 0.0702. The molecule has 3 heterocycles. The molecular weight excluding hydrogens is 495 g/mol. The topological polar surface area (TPSA) is 122 Å². The fourth-order valence-electron chi connectivity index (χ4n) is 3.12. The van der Waals surface area contributed by atoms with Crippen molar-refractivity contribution < 1.29 is 19.0 Å². The number of methoxy groups -OCH3 is 1. The molecule has 0 saturated carbocycles. The second kappa shape index (κ2) is 11.2. The number of carboxylic acid groups (broad SMARTS) is 1. The van der Waals surface area contributed by atoms with Gasteiger partial charge in [-0.1, -0.05) is 17.7 Å². The van der Waals surface area contributed by atoms with Crippen molar-refractivity contribution in [1.29, 1.82) is 0 Å². The van der Waals surface area contributed by atoms with Gasteiger partial charge < -0.3 is 20.5 Å². The van der Waals surface area contributed by atoms with E-state index in [9.17, 15) is 14.3 Å². The minimum atomic E-state index is -1.10. The van der Waals surface area contributed by atoms with Crippen molar-refractivity contribution in [2.75, 3.05) is 30.9 Å². The summed E-state index contributed by atoms with van der Waals surface area (Å²) in [6.45, 7) is 1.10. The Bertz CT molecular complexity index is 1340. The number of pyridine rings is 1. The van der Waals surface area contributed by atoms with Gasteiger partial charge >= 0.3 is 5.97 Å². The van der Waals surface area contributed by atoms with Crippen LogP contribution in [0.15, 0.2) is 48.8 Å². The van der Waals surface area contributed by atoms with E-state index in [4.69, 9.17) is 16.3 Å². The number of rotatable bonds is 10. The number of thiazole rings is 1. The standard InChI is InChI=1S/C23H20ClFN6O3S/c1-34-10-4-9-27-20-14(12-28-23(31-20)29-13-6-7-16(25)15(24)11-13)21-30-18(19(35-21)22(32)33)17-5-2-3-8-26-17/h2-3,5-8,11-12H,4,9-10H2,1H3,(H,32,33)(H2,27,28,29,31). The summed E-state index contributed by atoms with van der Waals surface area (Å²) in [5.74, 6) is -0.942. The number of halogens is 2. The van der Waals surface area contributed by atoms with Gasteiger partial charge in [-0.3, -0.25) is 4.98 Å². The largest absolute Gasteiger partial charge is 0.477 e. The zero-order valence-corrected chi connectivity index (χ0v) is 20.0. The van der Waals surface area contributed by atoms with Crippen molar-refractivity contribution in [3.63, 3.8) is 0 Å². The van der Waals surface area contributed by atoms with E-state index in [1.807, 2.05) is 0 Å². The monoisotopic (exact) mass is 514 g/mol. The lowest BCUT2D eigenvalue weighted by Crippen LogP contribution is -2.09. The Morgan fingerprint density at radius 2 is 2.09 bits per heavy atom. The van der Waals surface area contributed by atoms with Gasteiger partial charge in [-0.2, -0.15) is 4.98 Å². The summed E-state index contributed by atoms with van der Waals surface area (Å²) in [6, 6.07) is 9.40. The summed E-state index contributed by atoms with van der Waals surface area (Å²) in [5, 5.41) is 16.4. The number of carbonyl (C=O) groups is 1. The Hall–Kier alpha value is -3.67. The maximum atomic E-state index is 13.5. The number of anilines is 3. The highest BCUT2D eigenvalue weighted by atomic mass is 35.5. The number of aromatic nitrogens is 4. The Kier molecular flexibility index (Phi) is 7.80. The molecule has 0 fully saturated rings. The molecule has 4 rings (SSSR count). The number of hydrogen-bond donors (Lipinski definition) is 3. The minimum absolute atomic E-state index is 0.0319. The van der Waals surface area contributed by atoms with Gasteiger partial charge in [0.1, 0.15) is 27.2 Å². The highest BCUT2D eigenvalue weighted by Gasteiger charge is 2.22. The Balaban J connectivity index is 1.71. The van der Waals surface area contributed by atoms with Crippen LogP contribution in [0, 0.1) is 5.82 Å². The first-order chi connectivity index (χ1) is 17.0. The molecule has 0 bridgehead atoms. The third-order valence-corrected chi connectivity index (χ3v) is 6.11. The van der Waals surface area contributed by atoms with Gasteiger partial charge in [0.2, 0.25) is 5.95 Å². The first-order valence-corrected chi connectivity index (χ1v) is 11.6. The predicted molar refractivity (Wildman–Crippen MR) is 133 cm³/mol. The Morgan fingerprint density at radius 1 is 1.23 bits per heavy atom. The molecule has 0 unspecified atom stereocenters. The molecule has 35 heavy (non-hydrogen) atoms. The summed E-state index contributed by atoms with van der Waals surface area (Å²) in [5.41, 5.74) is 1.76. The van der Waals surface area contributed by atoms with Gasteiger partial charge in [-0.25, -0.2) is 19.2 Å². The molecule has 180 valence electrons. The molecule has 9 nitrogen and oxygen atoms in total. The first kappa shape index (κ1) is 24.5. The molecule has 0 radical (unpaired) electrons. The average Bonchev–Trinajstić information content (AvgIpc) is 3.31. The van der Waals surface area contributed by atoms with Crippen LogP contribution in [0.5, 0.6) is 0 Å². The Morgan fingerprint density at radius 3 is 2.80 bits per heavy atom. The van der Waals surface area contributed by atoms with Crippen molar-refractivity contribution in [2.24, 2.45) is 0 Å². The summed E-state index contributed by atoms with van der Waals surface area (Å²) in [6.07, 6.45) is 3.84. The summed E-state index contributed by atoms with van der Waals surface area (Å²) >= 11 is 6.88. The molecular formula is C23H20ClFN6O3S. The van der Waals surface area contributed by atoms with Crippen molar-refractivity contribution in [1.82, 2.24) is 19.9 Å². The number of nitrogens with one attached hydrogen (secondary N) is 2. The van der Waals surface area contributed by atoms with Gasteiger partial charge in [0.05, 0.1) is 16.3 Å². The number of aromatic carboxylic acids is 1. The summed E-state index contributed by atoms with van der Waals surface area (Å²) in [4.78, 5) is 29.7. The number of nitrogens with zero attached hydrogens (tertiary/aromatic N) is 4. The molecule has 0 saturated heterocycles. The van der Waals surface area contributed by atoms with Crippen LogP contribution >= 0.6 is 22.9 Å². The maximum absolute atomic E-state index is 13.5.